The Hall–Kier alpha value is -3.43. The van der Waals surface area contributed by atoms with Crippen LogP contribution < -0.4 is 10.2 Å². The predicted octanol–water partition coefficient (Wildman–Crippen LogP) is 3.98. The van der Waals surface area contributed by atoms with E-state index in [1.807, 2.05) is 16.9 Å². The second-order valence-corrected chi connectivity index (χ2v) is 11.4. The average molecular weight is 545 g/mol. The topological polar surface area (TPSA) is 95.7 Å². The quantitative estimate of drug-likeness (QED) is 0.396. The van der Waals surface area contributed by atoms with Gasteiger partial charge in [0, 0.05) is 62.4 Å². The number of hydrogen-bond donors (Lipinski definition) is 2. The zero-order valence-corrected chi connectivity index (χ0v) is 23.2. The minimum Gasteiger partial charge on any atom is -0.481 e. The molecule has 2 saturated heterocycles. The lowest BCUT2D eigenvalue weighted by Gasteiger charge is -2.31. The van der Waals surface area contributed by atoms with Crippen molar-refractivity contribution in [3.05, 3.63) is 65.6 Å². The Bertz CT molecular complexity index is 1290. The molecule has 212 valence electrons. The predicted molar refractivity (Wildman–Crippen MR) is 156 cm³/mol. The van der Waals surface area contributed by atoms with Crippen LogP contribution in [0.1, 0.15) is 48.4 Å². The smallest absolute Gasteiger partial charge is 0.304 e. The maximum Gasteiger partial charge on any atom is 0.304 e. The largest absolute Gasteiger partial charge is 0.481 e. The molecule has 2 atom stereocenters. The van der Waals surface area contributed by atoms with Gasteiger partial charge in [-0.25, -0.2) is 9.67 Å². The number of aliphatic carboxylic acids is 1. The van der Waals surface area contributed by atoms with E-state index in [9.17, 15) is 9.90 Å². The minimum atomic E-state index is -0.759. The molecule has 5 heterocycles. The van der Waals surface area contributed by atoms with Crippen molar-refractivity contribution < 1.29 is 14.6 Å². The van der Waals surface area contributed by atoms with Gasteiger partial charge in [0.2, 0.25) is 0 Å². The second kappa shape index (κ2) is 12.4. The number of carbonyl (C=O) groups is 1. The Kier molecular flexibility index (Phi) is 8.29. The van der Waals surface area contributed by atoms with Crippen molar-refractivity contribution in [2.24, 2.45) is 5.92 Å². The zero-order valence-electron chi connectivity index (χ0n) is 23.2. The summed E-state index contributed by atoms with van der Waals surface area (Å²) in [6.07, 6.45) is 9.36. The van der Waals surface area contributed by atoms with Crippen molar-refractivity contribution in [2.75, 3.05) is 62.7 Å². The normalized spacial score (nSPS) is 20.2. The molecule has 3 aromatic rings. The van der Waals surface area contributed by atoms with Gasteiger partial charge in [-0.1, -0.05) is 6.07 Å². The molecule has 40 heavy (non-hydrogen) atoms. The molecule has 1 aromatic carbocycles. The Labute approximate surface area is 236 Å². The Balaban J connectivity index is 1.14. The maximum atomic E-state index is 12.0. The van der Waals surface area contributed by atoms with E-state index in [2.05, 4.69) is 50.5 Å². The van der Waals surface area contributed by atoms with E-state index < -0.39 is 5.97 Å². The fourth-order valence-corrected chi connectivity index (χ4v) is 6.40. The highest BCUT2D eigenvalue weighted by Gasteiger charge is 2.27. The summed E-state index contributed by atoms with van der Waals surface area (Å²) in [5, 5.41) is 17.8. The molecule has 3 aliphatic heterocycles. The van der Waals surface area contributed by atoms with Crippen molar-refractivity contribution in [2.45, 2.75) is 44.4 Å². The Morgan fingerprint density at radius 1 is 1.15 bits per heavy atom. The molecular formula is C31H40N6O3. The first-order chi connectivity index (χ1) is 19.6. The standard InChI is InChI=1S/C31H40N6O3/c38-30(39)19-26(25-17-28(36-13-15-40-16-14-36)20-29(18-25)37-11-2-10-33-37)22-35-12-8-23(21-35)4-6-27-7-5-24-3-1-9-32-31(24)34-27/h2,5,7,10-11,17-18,20,23,26H,1,3-4,6,8-9,12-16,19,21-22H2,(H,32,34)(H,38,39)/t23-,26-/m1/s1. The molecule has 0 unspecified atom stereocenters. The molecule has 0 aliphatic carbocycles. The van der Waals surface area contributed by atoms with Gasteiger partial charge in [0.25, 0.3) is 0 Å². The van der Waals surface area contributed by atoms with Crippen LogP contribution in [-0.4, -0.2) is 83.2 Å². The number of likely N-dealkylation sites (tertiary alicyclic amines) is 1. The monoisotopic (exact) mass is 544 g/mol. The molecule has 0 spiro atoms. The van der Waals surface area contributed by atoms with E-state index in [1.54, 1.807) is 6.20 Å². The van der Waals surface area contributed by atoms with E-state index in [0.717, 1.165) is 87.7 Å². The first kappa shape index (κ1) is 26.8. The lowest BCUT2D eigenvalue weighted by atomic mass is 9.93. The highest BCUT2D eigenvalue weighted by Crippen LogP contribution is 2.32. The molecule has 0 amide bonds. The number of nitrogens with one attached hydrogen (secondary N) is 1. The van der Waals surface area contributed by atoms with Crippen LogP contribution in [0.3, 0.4) is 0 Å². The molecule has 0 saturated carbocycles. The summed E-state index contributed by atoms with van der Waals surface area (Å²) in [4.78, 5) is 21.7. The number of ether oxygens (including phenoxy) is 1. The summed E-state index contributed by atoms with van der Waals surface area (Å²) >= 11 is 0. The maximum absolute atomic E-state index is 12.0. The lowest BCUT2D eigenvalue weighted by Crippen LogP contribution is -2.36. The summed E-state index contributed by atoms with van der Waals surface area (Å²) in [7, 11) is 0. The van der Waals surface area contributed by atoms with Crippen LogP contribution in [0, 0.1) is 5.92 Å². The number of hydrogen-bond acceptors (Lipinski definition) is 7. The van der Waals surface area contributed by atoms with Crippen LogP contribution in [0.5, 0.6) is 0 Å². The van der Waals surface area contributed by atoms with E-state index in [1.165, 1.54) is 17.7 Å². The van der Waals surface area contributed by atoms with Gasteiger partial charge in [0.15, 0.2) is 0 Å². The summed E-state index contributed by atoms with van der Waals surface area (Å²) in [5.74, 6) is 0.822. The van der Waals surface area contributed by atoms with Crippen molar-refractivity contribution in [1.82, 2.24) is 19.7 Å². The number of carboxylic acid groups (broad SMARTS) is 1. The van der Waals surface area contributed by atoms with E-state index in [4.69, 9.17) is 9.72 Å². The summed E-state index contributed by atoms with van der Waals surface area (Å²) in [5.41, 5.74) is 5.63. The molecule has 2 N–H and O–H groups in total. The molecule has 3 aliphatic rings. The number of pyridine rings is 1. The van der Waals surface area contributed by atoms with Crippen LogP contribution >= 0.6 is 0 Å². The SMILES string of the molecule is O=C(O)C[C@H](CN1CC[C@@H](CCc2ccc3c(n2)NCCC3)C1)c1cc(N2CCOCC2)cc(-n2cccn2)c1. The number of aryl methyl sites for hydroxylation is 2. The Morgan fingerprint density at radius 3 is 2.85 bits per heavy atom. The number of aromatic nitrogens is 3. The molecule has 6 rings (SSSR count). The second-order valence-electron chi connectivity index (χ2n) is 11.4. The average Bonchev–Trinajstić information content (AvgIpc) is 3.69. The highest BCUT2D eigenvalue weighted by molar-refractivity contribution is 5.68. The number of morpholine rings is 1. The number of carboxylic acids is 1. The number of anilines is 2. The summed E-state index contributed by atoms with van der Waals surface area (Å²) < 4.78 is 7.44. The van der Waals surface area contributed by atoms with E-state index in [-0.39, 0.29) is 12.3 Å². The van der Waals surface area contributed by atoms with Crippen LogP contribution in [0.15, 0.2) is 48.8 Å². The molecule has 9 nitrogen and oxygen atoms in total. The van der Waals surface area contributed by atoms with Gasteiger partial charge >= 0.3 is 5.97 Å². The third kappa shape index (κ3) is 6.47. The van der Waals surface area contributed by atoms with Crippen LogP contribution in [0.4, 0.5) is 11.5 Å². The first-order valence-corrected chi connectivity index (χ1v) is 14.8. The minimum absolute atomic E-state index is 0.0973. The van der Waals surface area contributed by atoms with E-state index >= 15 is 0 Å². The third-order valence-electron chi connectivity index (χ3n) is 8.57. The van der Waals surface area contributed by atoms with Crippen LogP contribution in [-0.2, 0) is 22.4 Å². The van der Waals surface area contributed by atoms with Gasteiger partial charge in [0.05, 0.1) is 25.3 Å². The number of rotatable bonds is 10. The van der Waals surface area contributed by atoms with Crippen LogP contribution in [0.2, 0.25) is 0 Å². The fourth-order valence-electron chi connectivity index (χ4n) is 6.40. The molecule has 2 fully saturated rings. The number of benzene rings is 1. The first-order valence-electron chi connectivity index (χ1n) is 14.8. The fraction of sp³-hybridized carbons (Fsp3) is 0.516. The van der Waals surface area contributed by atoms with Gasteiger partial charge < -0.3 is 25.0 Å². The van der Waals surface area contributed by atoms with Gasteiger partial charge in [-0.3, -0.25) is 4.79 Å². The van der Waals surface area contributed by atoms with Crippen molar-refractivity contribution in [3.63, 3.8) is 0 Å². The van der Waals surface area contributed by atoms with Crippen LogP contribution in [0.25, 0.3) is 5.69 Å². The Morgan fingerprint density at radius 2 is 2.02 bits per heavy atom. The van der Waals surface area contributed by atoms with E-state index in [0.29, 0.717) is 19.1 Å². The molecule has 2 aromatic heterocycles. The lowest BCUT2D eigenvalue weighted by molar-refractivity contribution is -0.137. The number of nitrogens with zero attached hydrogens (tertiary/aromatic N) is 5. The molecule has 0 radical (unpaired) electrons. The molecular weight excluding hydrogens is 504 g/mol. The summed E-state index contributed by atoms with van der Waals surface area (Å²) in [6, 6.07) is 12.8. The van der Waals surface area contributed by atoms with Gasteiger partial charge in [-0.2, -0.15) is 5.10 Å². The van der Waals surface area contributed by atoms with Crippen molar-refractivity contribution in [1.29, 1.82) is 0 Å². The number of fused-ring (bicyclic) bond motifs is 1. The van der Waals surface area contributed by atoms with Gasteiger partial charge in [0.1, 0.15) is 5.82 Å². The summed E-state index contributed by atoms with van der Waals surface area (Å²) in [6.45, 7) is 6.83. The van der Waals surface area contributed by atoms with Gasteiger partial charge in [-0.05, 0) is 86.0 Å². The highest BCUT2D eigenvalue weighted by atomic mass is 16.5. The van der Waals surface area contributed by atoms with Crippen molar-refractivity contribution >= 4 is 17.5 Å². The third-order valence-corrected chi connectivity index (χ3v) is 8.57. The van der Waals surface area contributed by atoms with Gasteiger partial charge in [-0.15, -0.1) is 0 Å². The molecule has 9 heteroatoms. The molecule has 0 bridgehead atoms. The zero-order chi connectivity index (χ0) is 27.3. The van der Waals surface area contributed by atoms with Crippen molar-refractivity contribution in [3.8, 4) is 5.69 Å².